The first-order valence-electron chi connectivity index (χ1n) is 5.37. The molecular formula is C14H9ClN2O2. The van der Waals surface area contributed by atoms with Crippen LogP contribution in [0.25, 0.3) is 17.4 Å². The van der Waals surface area contributed by atoms with Gasteiger partial charge in [0.2, 0.25) is 0 Å². The van der Waals surface area contributed by atoms with Crippen molar-refractivity contribution in [3.05, 3.63) is 52.8 Å². The molecule has 1 aromatic carbocycles. The second-order valence-corrected chi connectivity index (χ2v) is 4.18. The van der Waals surface area contributed by atoms with E-state index in [1.165, 1.54) is 6.08 Å². The smallest absolute Gasteiger partial charge is 0.259 e. The normalized spacial score (nSPS) is 11.1. The lowest BCUT2D eigenvalue weighted by Crippen LogP contribution is -2.12. The van der Waals surface area contributed by atoms with Crippen molar-refractivity contribution in [2.45, 2.75) is 0 Å². The number of nitriles is 1. The number of halogens is 1. The van der Waals surface area contributed by atoms with Gasteiger partial charge in [0.05, 0.1) is 0 Å². The van der Waals surface area contributed by atoms with Crippen molar-refractivity contribution in [2.24, 2.45) is 5.73 Å². The molecule has 4 nitrogen and oxygen atoms in total. The quantitative estimate of drug-likeness (QED) is 0.689. The predicted octanol–water partition coefficient (Wildman–Crippen LogP) is 2.99. The highest BCUT2D eigenvalue weighted by Gasteiger charge is 2.07. The minimum absolute atomic E-state index is 0.156. The van der Waals surface area contributed by atoms with Gasteiger partial charge in [0, 0.05) is 16.7 Å². The Morgan fingerprint density at radius 3 is 2.53 bits per heavy atom. The fourth-order valence-corrected chi connectivity index (χ4v) is 1.63. The summed E-state index contributed by atoms with van der Waals surface area (Å²) in [7, 11) is 0. The number of nitrogens with two attached hydrogens (primary N) is 1. The maximum Gasteiger partial charge on any atom is 0.259 e. The van der Waals surface area contributed by atoms with Gasteiger partial charge < -0.3 is 10.2 Å². The summed E-state index contributed by atoms with van der Waals surface area (Å²) < 4.78 is 5.51. The molecule has 2 aromatic rings. The molecule has 0 aliphatic carbocycles. The lowest BCUT2D eigenvalue weighted by Gasteiger charge is -1.96. The molecule has 19 heavy (non-hydrogen) atoms. The Morgan fingerprint density at radius 2 is 1.95 bits per heavy atom. The Balaban J connectivity index is 2.32. The molecule has 0 unspecified atom stereocenters. The van der Waals surface area contributed by atoms with Gasteiger partial charge in [-0.15, -0.1) is 0 Å². The summed E-state index contributed by atoms with van der Waals surface area (Å²) in [6.45, 7) is 0. The number of rotatable bonds is 3. The van der Waals surface area contributed by atoms with Gasteiger partial charge >= 0.3 is 0 Å². The third-order valence-corrected chi connectivity index (χ3v) is 2.68. The van der Waals surface area contributed by atoms with Crippen LogP contribution in [0.15, 0.2) is 46.4 Å². The zero-order chi connectivity index (χ0) is 13.8. The molecule has 2 rings (SSSR count). The third-order valence-electron chi connectivity index (χ3n) is 2.43. The standard InChI is InChI=1S/C14H9ClN2O2/c15-11-3-1-9(2-4-11)13-6-5-12(19-13)7-10(8-16)14(17)18/h1-7H,(H2,17,18)/b10-7-. The predicted molar refractivity (Wildman–Crippen MR) is 71.9 cm³/mol. The van der Waals surface area contributed by atoms with Crippen LogP contribution in [0.3, 0.4) is 0 Å². The fraction of sp³-hybridized carbons (Fsp3) is 0. The molecule has 2 N–H and O–H groups in total. The van der Waals surface area contributed by atoms with Crippen molar-refractivity contribution in [3.63, 3.8) is 0 Å². The molecule has 0 saturated carbocycles. The zero-order valence-corrected chi connectivity index (χ0v) is 10.5. The Morgan fingerprint density at radius 1 is 1.26 bits per heavy atom. The van der Waals surface area contributed by atoms with Crippen LogP contribution in [0.2, 0.25) is 5.02 Å². The molecule has 1 aromatic heterocycles. The van der Waals surface area contributed by atoms with Crippen LogP contribution in [-0.4, -0.2) is 5.91 Å². The topological polar surface area (TPSA) is 80.0 Å². The van der Waals surface area contributed by atoms with Crippen LogP contribution in [0.4, 0.5) is 0 Å². The number of nitrogens with zero attached hydrogens (tertiary/aromatic N) is 1. The summed E-state index contributed by atoms with van der Waals surface area (Å²) in [6.07, 6.45) is 1.31. The Bertz CT molecular complexity index is 678. The Labute approximate surface area is 114 Å². The second kappa shape index (κ2) is 5.42. The van der Waals surface area contributed by atoms with Gasteiger partial charge in [-0.2, -0.15) is 5.26 Å². The minimum atomic E-state index is -0.785. The fourth-order valence-electron chi connectivity index (χ4n) is 1.50. The molecular weight excluding hydrogens is 264 g/mol. The number of amides is 1. The number of hydrogen-bond donors (Lipinski definition) is 1. The van der Waals surface area contributed by atoms with Gasteiger partial charge in [-0.1, -0.05) is 11.6 Å². The average Bonchev–Trinajstić information content (AvgIpc) is 2.85. The van der Waals surface area contributed by atoms with Crippen molar-refractivity contribution >= 4 is 23.6 Å². The van der Waals surface area contributed by atoms with E-state index in [1.807, 2.05) is 12.1 Å². The second-order valence-electron chi connectivity index (χ2n) is 3.74. The van der Waals surface area contributed by atoms with Crippen LogP contribution >= 0.6 is 11.6 Å². The van der Waals surface area contributed by atoms with Crippen molar-refractivity contribution in [3.8, 4) is 17.4 Å². The number of furan rings is 1. The molecule has 0 spiro atoms. The maximum absolute atomic E-state index is 10.9. The van der Waals surface area contributed by atoms with Crippen LogP contribution in [-0.2, 0) is 4.79 Å². The molecule has 0 aliphatic heterocycles. The minimum Gasteiger partial charge on any atom is -0.457 e. The van der Waals surface area contributed by atoms with E-state index >= 15 is 0 Å². The highest BCUT2D eigenvalue weighted by atomic mass is 35.5. The van der Waals surface area contributed by atoms with E-state index in [2.05, 4.69) is 0 Å². The first-order valence-corrected chi connectivity index (χ1v) is 5.75. The Hall–Kier alpha value is -2.51. The summed E-state index contributed by atoms with van der Waals surface area (Å²) in [5.74, 6) is 0.219. The molecule has 0 fully saturated rings. The first kappa shape index (κ1) is 12.9. The molecule has 0 aliphatic rings. The summed E-state index contributed by atoms with van der Waals surface area (Å²) in [5.41, 5.74) is 5.74. The van der Waals surface area contributed by atoms with Crippen LogP contribution < -0.4 is 5.73 Å². The van der Waals surface area contributed by atoms with E-state index in [0.29, 0.717) is 16.5 Å². The summed E-state index contributed by atoms with van der Waals surface area (Å²) in [6, 6.07) is 12.2. The van der Waals surface area contributed by atoms with E-state index in [1.54, 1.807) is 30.3 Å². The van der Waals surface area contributed by atoms with Gasteiger partial charge in [-0.25, -0.2) is 0 Å². The third kappa shape index (κ3) is 3.03. The van der Waals surface area contributed by atoms with Crippen LogP contribution in [0, 0.1) is 11.3 Å². The molecule has 94 valence electrons. The number of hydrogen-bond acceptors (Lipinski definition) is 3. The lowest BCUT2D eigenvalue weighted by atomic mass is 10.2. The highest BCUT2D eigenvalue weighted by Crippen LogP contribution is 2.24. The summed E-state index contributed by atoms with van der Waals surface area (Å²) >= 11 is 5.80. The van der Waals surface area contributed by atoms with E-state index < -0.39 is 5.91 Å². The number of primary amides is 1. The van der Waals surface area contributed by atoms with Gasteiger partial charge in [-0.05, 0) is 36.4 Å². The van der Waals surface area contributed by atoms with Crippen LogP contribution in [0.1, 0.15) is 5.76 Å². The average molecular weight is 273 g/mol. The highest BCUT2D eigenvalue weighted by molar-refractivity contribution is 6.30. The van der Waals surface area contributed by atoms with E-state index in [4.69, 9.17) is 27.0 Å². The molecule has 0 atom stereocenters. The Kier molecular flexibility index (Phi) is 3.69. The summed E-state index contributed by atoms with van der Waals surface area (Å²) in [5, 5.41) is 9.37. The summed E-state index contributed by atoms with van der Waals surface area (Å²) in [4.78, 5) is 10.9. The van der Waals surface area contributed by atoms with Gasteiger partial charge in [0.25, 0.3) is 5.91 Å². The molecule has 0 saturated heterocycles. The van der Waals surface area contributed by atoms with E-state index in [0.717, 1.165) is 5.56 Å². The van der Waals surface area contributed by atoms with Crippen molar-refractivity contribution in [1.29, 1.82) is 5.26 Å². The van der Waals surface area contributed by atoms with Crippen LogP contribution in [0.5, 0.6) is 0 Å². The SMILES string of the molecule is N#C/C(=C/c1ccc(-c2ccc(Cl)cc2)o1)C(N)=O. The molecule has 5 heteroatoms. The largest absolute Gasteiger partial charge is 0.457 e. The molecule has 0 bridgehead atoms. The number of carbonyl (C=O) groups is 1. The van der Waals surface area contributed by atoms with Crippen molar-refractivity contribution < 1.29 is 9.21 Å². The van der Waals surface area contributed by atoms with Crippen molar-refractivity contribution in [2.75, 3.05) is 0 Å². The number of carbonyl (C=O) groups excluding carboxylic acids is 1. The van der Waals surface area contributed by atoms with Gasteiger partial charge in [0.15, 0.2) is 0 Å². The molecule has 0 radical (unpaired) electrons. The van der Waals surface area contributed by atoms with Crippen molar-refractivity contribution in [1.82, 2.24) is 0 Å². The van der Waals surface area contributed by atoms with Gasteiger partial charge in [0.1, 0.15) is 23.2 Å². The zero-order valence-electron chi connectivity index (χ0n) is 9.76. The van der Waals surface area contributed by atoms with Gasteiger partial charge in [-0.3, -0.25) is 4.79 Å². The monoisotopic (exact) mass is 272 g/mol. The lowest BCUT2D eigenvalue weighted by molar-refractivity contribution is -0.114. The first-order chi connectivity index (χ1) is 9.10. The van der Waals surface area contributed by atoms with E-state index in [-0.39, 0.29) is 5.57 Å². The van der Waals surface area contributed by atoms with E-state index in [9.17, 15) is 4.79 Å². The number of benzene rings is 1. The molecule has 1 amide bonds. The maximum atomic E-state index is 10.9. The molecule has 1 heterocycles.